The van der Waals surface area contributed by atoms with Gasteiger partial charge in [-0.2, -0.15) is 0 Å². The molecule has 7 nitrogen and oxygen atoms in total. The van der Waals surface area contributed by atoms with E-state index in [1.807, 2.05) is 0 Å². The molecular formula is C20H19F4N3O4. The minimum Gasteiger partial charge on any atom is -0.449 e. The Morgan fingerprint density at radius 3 is 2.81 bits per heavy atom. The van der Waals surface area contributed by atoms with E-state index in [1.54, 1.807) is 6.92 Å². The van der Waals surface area contributed by atoms with Crippen molar-refractivity contribution in [3.05, 3.63) is 46.2 Å². The van der Waals surface area contributed by atoms with Crippen molar-refractivity contribution in [1.82, 2.24) is 10.1 Å². The van der Waals surface area contributed by atoms with E-state index in [0.29, 0.717) is 37.3 Å². The Kier molecular flexibility index (Phi) is 5.59. The Balaban J connectivity index is 1.56. The maximum absolute atomic E-state index is 13.7. The summed E-state index contributed by atoms with van der Waals surface area (Å²) in [5, 5.41) is 4.01. The first-order valence-corrected chi connectivity index (χ1v) is 9.73. The molecule has 0 aliphatic carbocycles. The van der Waals surface area contributed by atoms with E-state index in [9.17, 15) is 27.2 Å². The minimum atomic E-state index is -3.20. The highest BCUT2D eigenvalue weighted by atomic mass is 19.3. The number of carbonyl (C=O) groups excluding carboxylic acids is 2. The van der Waals surface area contributed by atoms with Crippen LogP contribution in [0.3, 0.4) is 0 Å². The summed E-state index contributed by atoms with van der Waals surface area (Å²) in [7, 11) is 0. The third kappa shape index (κ3) is 3.96. The van der Waals surface area contributed by atoms with Crippen LogP contribution in [0.15, 0.2) is 16.7 Å². The molecule has 2 aliphatic rings. The second-order valence-electron chi connectivity index (χ2n) is 7.57. The van der Waals surface area contributed by atoms with E-state index in [4.69, 9.17) is 9.26 Å². The average Bonchev–Trinajstić information content (AvgIpc) is 3.12. The van der Waals surface area contributed by atoms with Gasteiger partial charge in [0.1, 0.15) is 0 Å². The van der Waals surface area contributed by atoms with Crippen LogP contribution < -0.4 is 4.90 Å². The fourth-order valence-electron chi connectivity index (χ4n) is 3.86. The molecular weight excluding hydrogens is 422 g/mol. The van der Waals surface area contributed by atoms with Crippen LogP contribution in [0.2, 0.25) is 0 Å². The van der Waals surface area contributed by atoms with Crippen molar-refractivity contribution in [1.29, 1.82) is 0 Å². The number of hydrogen-bond donors (Lipinski definition) is 0. The van der Waals surface area contributed by atoms with E-state index in [1.165, 1.54) is 9.80 Å². The third-order valence-corrected chi connectivity index (χ3v) is 5.44. The van der Waals surface area contributed by atoms with Gasteiger partial charge in [0.2, 0.25) is 11.8 Å². The highest BCUT2D eigenvalue weighted by molar-refractivity contribution is 5.87. The summed E-state index contributed by atoms with van der Waals surface area (Å²) in [4.78, 5) is 27.8. The first kappa shape index (κ1) is 21.1. The maximum atomic E-state index is 13.7. The second kappa shape index (κ2) is 8.20. The number of aromatic nitrogens is 1. The number of ether oxygens (including phenoxy) is 1. The summed E-state index contributed by atoms with van der Waals surface area (Å²) in [6.45, 7) is 2.54. The van der Waals surface area contributed by atoms with E-state index >= 15 is 0 Å². The molecule has 0 spiro atoms. The van der Waals surface area contributed by atoms with Gasteiger partial charge in [-0.3, -0.25) is 4.79 Å². The van der Waals surface area contributed by atoms with E-state index < -0.39 is 35.6 Å². The van der Waals surface area contributed by atoms with Crippen LogP contribution in [0.5, 0.6) is 0 Å². The molecule has 0 saturated carbocycles. The molecule has 0 unspecified atom stereocenters. The lowest BCUT2D eigenvalue weighted by atomic mass is 9.99. The van der Waals surface area contributed by atoms with Gasteiger partial charge in [0.05, 0.1) is 36.4 Å². The van der Waals surface area contributed by atoms with Crippen molar-refractivity contribution in [2.75, 3.05) is 18.1 Å². The number of hydrogen-bond acceptors (Lipinski definition) is 5. The van der Waals surface area contributed by atoms with Crippen LogP contribution >= 0.6 is 0 Å². The van der Waals surface area contributed by atoms with Crippen LogP contribution in [0.1, 0.15) is 42.2 Å². The molecule has 1 aromatic carbocycles. The zero-order chi connectivity index (χ0) is 22.3. The number of cyclic esters (lactones) is 1. The van der Waals surface area contributed by atoms with Gasteiger partial charge >= 0.3 is 6.09 Å². The fourth-order valence-corrected chi connectivity index (χ4v) is 3.86. The molecule has 2 amide bonds. The number of rotatable bonds is 4. The Bertz CT molecular complexity index is 1030. The van der Waals surface area contributed by atoms with Gasteiger partial charge in [-0.25, -0.2) is 27.3 Å². The summed E-state index contributed by atoms with van der Waals surface area (Å²) in [6.07, 6.45) is -3.19. The lowest BCUT2D eigenvalue weighted by Crippen LogP contribution is -2.44. The van der Waals surface area contributed by atoms with Crippen molar-refractivity contribution in [2.45, 2.75) is 45.2 Å². The molecule has 166 valence electrons. The predicted molar refractivity (Wildman–Crippen MR) is 98.5 cm³/mol. The Morgan fingerprint density at radius 2 is 2.10 bits per heavy atom. The number of benzene rings is 1. The standard InChI is InChI=1S/C20H19F4N3O4/c1-10-5-15-13(19(31-25-15)26-3-2-4-30-20(26)29)9-27(10)16(28)8-11-6-12(18(23)24)17(22)14(21)7-11/h6-7,10,18H,2-5,8-9H2,1H3/t10-/m0/s1. The van der Waals surface area contributed by atoms with Gasteiger partial charge in [-0.1, -0.05) is 5.16 Å². The van der Waals surface area contributed by atoms with Gasteiger partial charge in [0.25, 0.3) is 6.43 Å². The van der Waals surface area contributed by atoms with Crippen molar-refractivity contribution in [3.8, 4) is 0 Å². The number of carbonyl (C=O) groups is 2. The van der Waals surface area contributed by atoms with E-state index in [2.05, 4.69) is 5.16 Å². The molecule has 0 bridgehead atoms. The number of alkyl halides is 2. The summed E-state index contributed by atoms with van der Waals surface area (Å²) >= 11 is 0. The molecule has 1 fully saturated rings. The largest absolute Gasteiger partial charge is 0.449 e. The molecule has 2 aliphatic heterocycles. The number of anilines is 1. The Morgan fingerprint density at radius 1 is 1.32 bits per heavy atom. The van der Waals surface area contributed by atoms with Crippen molar-refractivity contribution < 1.29 is 36.4 Å². The quantitative estimate of drug-likeness (QED) is 0.676. The van der Waals surface area contributed by atoms with E-state index in [-0.39, 0.29) is 30.5 Å². The topological polar surface area (TPSA) is 75.9 Å². The molecule has 1 atom stereocenters. The molecule has 3 heterocycles. The van der Waals surface area contributed by atoms with Crippen LogP contribution in [-0.2, 0) is 28.9 Å². The minimum absolute atomic E-state index is 0.0534. The molecule has 4 rings (SSSR count). The zero-order valence-corrected chi connectivity index (χ0v) is 16.5. The van der Waals surface area contributed by atoms with Gasteiger partial charge in [0, 0.05) is 19.0 Å². The number of fused-ring (bicyclic) bond motifs is 1. The van der Waals surface area contributed by atoms with Gasteiger partial charge in [0.15, 0.2) is 11.6 Å². The summed E-state index contributed by atoms with van der Waals surface area (Å²) < 4.78 is 63.6. The van der Waals surface area contributed by atoms with Crippen LogP contribution in [0, 0.1) is 11.6 Å². The number of nitrogens with zero attached hydrogens (tertiary/aromatic N) is 3. The molecule has 0 N–H and O–H groups in total. The van der Waals surface area contributed by atoms with Gasteiger partial charge in [-0.15, -0.1) is 0 Å². The molecule has 1 aromatic heterocycles. The molecule has 1 saturated heterocycles. The maximum Gasteiger partial charge on any atom is 0.416 e. The molecule has 0 radical (unpaired) electrons. The monoisotopic (exact) mass is 441 g/mol. The first-order valence-electron chi connectivity index (χ1n) is 9.73. The average molecular weight is 441 g/mol. The zero-order valence-electron chi connectivity index (χ0n) is 16.5. The van der Waals surface area contributed by atoms with E-state index in [0.717, 1.165) is 12.1 Å². The fraction of sp³-hybridized carbons (Fsp3) is 0.450. The number of amides is 2. The lowest BCUT2D eigenvalue weighted by molar-refractivity contribution is -0.133. The first-order chi connectivity index (χ1) is 14.8. The van der Waals surface area contributed by atoms with Gasteiger partial charge in [-0.05, 0) is 31.0 Å². The molecule has 11 heteroatoms. The number of halogens is 4. The van der Waals surface area contributed by atoms with Crippen LogP contribution in [0.25, 0.3) is 0 Å². The van der Waals surface area contributed by atoms with Crippen LogP contribution in [0.4, 0.5) is 28.2 Å². The Labute approximate surface area is 174 Å². The normalized spacial score (nSPS) is 18.9. The van der Waals surface area contributed by atoms with Crippen molar-refractivity contribution in [2.24, 2.45) is 0 Å². The molecule has 31 heavy (non-hydrogen) atoms. The van der Waals surface area contributed by atoms with Gasteiger partial charge < -0.3 is 14.2 Å². The third-order valence-electron chi connectivity index (χ3n) is 5.44. The predicted octanol–water partition coefficient (Wildman–Crippen LogP) is 3.75. The summed E-state index contributed by atoms with van der Waals surface area (Å²) in [5.74, 6) is -3.31. The highest BCUT2D eigenvalue weighted by Crippen LogP contribution is 2.33. The summed E-state index contributed by atoms with van der Waals surface area (Å²) in [6, 6.07) is 1.25. The highest BCUT2D eigenvalue weighted by Gasteiger charge is 2.36. The SMILES string of the molecule is C[C@H]1Cc2noc(N3CCCOC3=O)c2CN1C(=O)Cc1cc(F)c(F)c(C(F)F)c1. The molecule has 2 aromatic rings. The van der Waals surface area contributed by atoms with Crippen molar-refractivity contribution in [3.63, 3.8) is 0 Å². The summed E-state index contributed by atoms with van der Waals surface area (Å²) in [5.41, 5.74) is 0.0330. The van der Waals surface area contributed by atoms with Crippen LogP contribution in [-0.4, -0.2) is 41.3 Å². The smallest absolute Gasteiger partial charge is 0.416 e. The lowest BCUT2D eigenvalue weighted by Gasteiger charge is -2.34. The Hall–Kier alpha value is -3.11. The second-order valence-corrected chi connectivity index (χ2v) is 7.57. The van der Waals surface area contributed by atoms with Crippen molar-refractivity contribution >= 4 is 17.9 Å².